The van der Waals surface area contributed by atoms with Gasteiger partial charge in [-0.3, -0.25) is 4.79 Å². The predicted molar refractivity (Wildman–Crippen MR) is 85.3 cm³/mol. The molecule has 2 heterocycles. The summed E-state index contributed by atoms with van der Waals surface area (Å²) in [7, 11) is 0. The number of carboxylic acids is 2. The number of esters is 1. The van der Waals surface area contributed by atoms with Gasteiger partial charge < -0.3 is 20.3 Å². The number of thiophene rings is 1. The number of carbonyl (C=O) groups excluding carboxylic acids is 1. The lowest BCUT2D eigenvalue weighted by molar-refractivity contribution is -0.139. The second kappa shape index (κ2) is 7.68. The van der Waals surface area contributed by atoms with Gasteiger partial charge >= 0.3 is 17.9 Å². The highest BCUT2D eigenvalue weighted by molar-refractivity contribution is 7.17. The fourth-order valence-electron chi connectivity index (χ4n) is 2.03. The zero-order chi connectivity index (χ0) is 17.7. The lowest BCUT2D eigenvalue weighted by atomic mass is 10.1. The van der Waals surface area contributed by atoms with E-state index >= 15 is 0 Å². The van der Waals surface area contributed by atoms with Crippen molar-refractivity contribution < 1.29 is 29.3 Å². The van der Waals surface area contributed by atoms with Crippen LogP contribution in [0.25, 0.3) is 10.2 Å². The molecular weight excluding hydrogens is 338 g/mol. The normalized spacial score (nSPS) is 11.9. The van der Waals surface area contributed by atoms with Gasteiger partial charge in [-0.1, -0.05) is 0 Å². The first-order chi connectivity index (χ1) is 11.4. The molecule has 2 rings (SSSR count). The maximum atomic E-state index is 12.0. The van der Waals surface area contributed by atoms with Crippen LogP contribution >= 0.6 is 11.3 Å². The second-order valence-corrected chi connectivity index (χ2v) is 5.60. The molecule has 0 radical (unpaired) electrons. The van der Waals surface area contributed by atoms with Gasteiger partial charge in [-0.05, 0) is 13.3 Å². The Bertz CT molecular complexity index is 775. The first-order valence-corrected chi connectivity index (χ1v) is 7.92. The number of carboxylic acid groups (broad SMARTS) is 2. The van der Waals surface area contributed by atoms with Crippen molar-refractivity contribution in [2.24, 2.45) is 0 Å². The Morgan fingerprint density at radius 3 is 2.71 bits per heavy atom. The van der Waals surface area contributed by atoms with Crippen LogP contribution in [0.15, 0.2) is 11.7 Å². The minimum absolute atomic E-state index is 0.130. The second-order valence-electron chi connectivity index (χ2n) is 4.74. The molecular formula is C14H15N3O6S. The highest BCUT2D eigenvalue weighted by atomic mass is 32.1. The van der Waals surface area contributed by atoms with E-state index in [9.17, 15) is 19.5 Å². The molecule has 0 bridgehead atoms. The fourth-order valence-corrected chi connectivity index (χ4v) is 2.91. The maximum Gasteiger partial charge on any atom is 0.339 e. The topological polar surface area (TPSA) is 139 Å². The number of nitrogens with one attached hydrogen (secondary N) is 1. The van der Waals surface area contributed by atoms with Gasteiger partial charge in [0, 0.05) is 11.8 Å². The summed E-state index contributed by atoms with van der Waals surface area (Å²) in [4.78, 5) is 42.5. The van der Waals surface area contributed by atoms with Crippen molar-refractivity contribution in [3.8, 4) is 0 Å². The molecule has 0 amide bonds. The SMILES string of the molecule is CCOC(=O)c1csc2ncnc(NC(CCC(=O)O)C(=O)O)c12. The molecule has 1 unspecified atom stereocenters. The molecule has 2 aromatic heterocycles. The molecule has 0 saturated heterocycles. The average molecular weight is 353 g/mol. The zero-order valence-electron chi connectivity index (χ0n) is 12.7. The summed E-state index contributed by atoms with van der Waals surface area (Å²) in [6.45, 7) is 1.87. The van der Waals surface area contributed by atoms with Crippen LogP contribution < -0.4 is 5.32 Å². The van der Waals surface area contributed by atoms with Crippen LogP contribution in [0.1, 0.15) is 30.1 Å². The van der Waals surface area contributed by atoms with Crippen LogP contribution in [0.4, 0.5) is 5.82 Å². The van der Waals surface area contributed by atoms with E-state index in [4.69, 9.17) is 9.84 Å². The van der Waals surface area contributed by atoms with Crippen LogP contribution in [0, 0.1) is 0 Å². The van der Waals surface area contributed by atoms with E-state index in [1.807, 2.05) is 0 Å². The molecule has 128 valence electrons. The predicted octanol–water partition coefficient (Wildman–Crippen LogP) is 1.60. The lowest BCUT2D eigenvalue weighted by Gasteiger charge is -2.15. The van der Waals surface area contributed by atoms with Crippen LogP contribution in [-0.2, 0) is 14.3 Å². The van der Waals surface area contributed by atoms with E-state index in [2.05, 4.69) is 15.3 Å². The first kappa shape index (κ1) is 17.6. The summed E-state index contributed by atoms with van der Waals surface area (Å²) in [5.41, 5.74) is 0.238. The molecule has 0 aliphatic carbocycles. The minimum atomic E-state index is -1.21. The molecule has 0 aliphatic rings. The maximum absolute atomic E-state index is 12.0. The van der Waals surface area contributed by atoms with Gasteiger partial charge in [0.05, 0.1) is 17.6 Å². The Balaban J connectivity index is 2.36. The largest absolute Gasteiger partial charge is 0.481 e. The quantitative estimate of drug-likeness (QED) is 0.604. The van der Waals surface area contributed by atoms with E-state index in [0.29, 0.717) is 10.2 Å². The van der Waals surface area contributed by atoms with Crippen molar-refractivity contribution in [1.82, 2.24) is 9.97 Å². The molecule has 3 N–H and O–H groups in total. The number of hydrogen-bond acceptors (Lipinski definition) is 8. The van der Waals surface area contributed by atoms with E-state index < -0.39 is 23.9 Å². The molecule has 2 aromatic rings. The number of carbonyl (C=O) groups is 3. The third-order valence-electron chi connectivity index (χ3n) is 3.12. The molecule has 24 heavy (non-hydrogen) atoms. The van der Waals surface area contributed by atoms with Crippen LogP contribution in [0.3, 0.4) is 0 Å². The Hall–Kier alpha value is -2.75. The summed E-state index contributed by atoms with van der Waals surface area (Å²) in [5, 5.41) is 22.6. The fraction of sp³-hybridized carbons (Fsp3) is 0.357. The van der Waals surface area contributed by atoms with Gasteiger partial charge in [0.25, 0.3) is 0 Å². The van der Waals surface area contributed by atoms with Crippen molar-refractivity contribution in [2.45, 2.75) is 25.8 Å². The number of rotatable bonds is 8. The molecule has 0 aromatic carbocycles. The molecule has 0 spiro atoms. The smallest absolute Gasteiger partial charge is 0.339 e. The number of ether oxygens (including phenoxy) is 1. The molecule has 9 nitrogen and oxygen atoms in total. The highest BCUT2D eigenvalue weighted by Crippen LogP contribution is 2.30. The summed E-state index contributed by atoms with van der Waals surface area (Å²) >= 11 is 1.20. The van der Waals surface area contributed by atoms with Gasteiger partial charge in [0.2, 0.25) is 0 Å². The Morgan fingerprint density at radius 2 is 2.08 bits per heavy atom. The third kappa shape index (κ3) is 3.96. The molecule has 0 aliphatic heterocycles. The number of fused-ring (bicyclic) bond motifs is 1. The summed E-state index contributed by atoms with van der Waals surface area (Å²) in [6.07, 6.45) is 0.799. The molecule has 1 atom stereocenters. The van der Waals surface area contributed by atoms with Crippen LogP contribution in [-0.4, -0.2) is 50.7 Å². The summed E-state index contributed by atoms with van der Waals surface area (Å²) in [5.74, 6) is -2.71. The standard InChI is InChI=1S/C14H15N3O6S/c1-2-23-14(22)7-5-24-12-10(7)11(15-6-16-12)17-8(13(20)21)3-4-9(18)19/h5-6,8H,2-4H2,1H3,(H,18,19)(H,20,21)(H,15,16,17). The van der Waals surface area contributed by atoms with Crippen molar-refractivity contribution in [1.29, 1.82) is 0 Å². The van der Waals surface area contributed by atoms with Crippen molar-refractivity contribution in [2.75, 3.05) is 11.9 Å². The van der Waals surface area contributed by atoms with E-state index in [-0.39, 0.29) is 30.8 Å². The number of nitrogens with zero attached hydrogens (tertiary/aromatic N) is 2. The number of anilines is 1. The van der Waals surface area contributed by atoms with Gasteiger partial charge in [-0.25, -0.2) is 19.6 Å². The number of aromatic nitrogens is 2. The van der Waals surface area contributed by atoms with Crippen LogP contribution in [0.5, 0.6) is 0 Å². The van der Waals surface area contributed by atoms with Gasteiger partial charge in [0.1, 0.15) is 23.0 Å². The highest BCUT2D eigenvalue weighted by Gasteiger charge is 2.23. The van der Waals surface area contributed by atoms with Gasteiger partial charge in [0.15, 0.2) is 0 Å². The lowest BCUT2D eigenvalue weighted by Crippen LogP contribution is -2.30. The number of aliphatic carboxylic acids is 2. The zero-order valence-corrected chi connectivity index (χ0v) is 13.5. The summed E-state index contributed by atoms with van der Waals surface area (Å²) in [6, 6.07) is -1.16. The first-order valence-electron chi connectivity index (χ1n) is 7.04. The molecule has 0 fully saturated rings. The van der Waals surface area contributed by atoms with Crippen molar-refractivity contribution in [3.63, 3.8) is 0 Å². The van der Waals surface area contributed by atoms with E-state index in [0.717, 1.165) is 0 Å². The minimum Gasteiger partial charge on any atom is -0.481 e. The average Bonchev–Trinajstić information content (AvgIpc) is 2.96. The Kier molecular flexibility index (Phi) is 5.64. The molecule has 10 heteroatoms. The van der Waals surface area contributed by atoms with Gasteiger partial charge in [-0.15, -0.1) is 11.3 Å². The van der Waals surface area contributed by atoms with E-state index in [1.165, 1.54) is 17.7 Å². The van der Waals surface area contributed by atoms with Gasteiger partial charge in [-0.2, -0.15) is 0 Å². The van der Waals surface area contributed by atoms with Crippen molar-refractivity contribution >= 4 is 45.3 Å². The van der Waals surface area contributed by atoms with Crippen LogP contribution in [0.2, 0.25) is 0 Å². The Morgan fingerprint density at radius 1 is 1.33 bits per heavy atom. The molecule has 0 saturated carbocycles. The van der Waals surface area contributed by atoms with Crippen molar-refractivity contribution in [3.05, 3.63) is 17.3 Å². The third-order valence-corrected chi connectivity index (χ3v) is 4.01. The Labute approximate surface area is 140 Å². The summed E-state index contributed by atoms with van der Waals surface area (Å²) < 4.78 is 4.97. The monoisotopic (exact) mass is 353 g/mol. The van der Waals surface area contributed by atoms with E-state index in [1.54, 1.807) is 12.3 Å². The number of hydrogen-bond donors (Lipinski definition) is 3.